The van der Waals surface area contributed by atoms with Crippen molar-refractivity contribution in [2.75, 3.05) is 26.3 Å². The van der Waals surface area contributed by atoms with Crippen LogP contribution in [-0.4, -0.2) is 37.1 Å². The molecule has 0 aromatic heterocycles. The summed E-state index contributed by atoms with van der Waals surface area (Å²) in [6.07, 6.45) is -0.312. The van der Waals surface area contributed by atoms with Gasteiger partial charge in [-0.2, -0.15) is 0 Å². The zero-order chi connectivity index (χ0) is 17.8. The third-order valence-corrected chi connectivity index (χ3v) is 4.20. The van der Waals surface area contributed by atoms with Gasteiger partial charge in [-0.05, 0) is 35.9 Å². The molecular weight excluding hydrogens is 352 g/mol. The van der Waals surface area contributed by atoms with Gasteiger partial charge in [0.2, 0.25) is 0 Å². The van der Waals surface area contributed by atoms with Gasteiger partial charge in [-0.15, -0.1) is 0 Å². The molecule has 132 valence electrons. The molecule has 1 aliphatic heterocycles. The van der Waals surface area contributed by atoms with Gasteiger partial charge in [0, 0.05) is 6.54 Å². The Kier molecular flexibility index (Phi) is 5.50. The van der Waals surface area contributed by atoms with Crippen molar-refractivity contribution < 1.29 is 23.0 Å². The maximum atomic E-state index is 13.0. The number of carbonyl (C=O) groups excluding carboxylic acids is 1. The van der Waals surface area contributed by atoms with Crippen molar-refractivity contribution in [3.05, 3.63) is 64.7 Å². The molecule has 0 N–H and O–H groups in total. The summed E-state index contributed by atoms with van der Waals surface area (Å²) in [4.78, 5) is 14.0. The van der Waals surface area contributed by atoms with Gasteiger partial charge in [0.15, 0.2) is 6.61 Å². The van der Waals surface area contributed by atoms with E-state index < -0.39 is 5.82 Å². The molecule has 1 fully saturated rings. The number of hydrogen-bond donors (Lipinski definition) is 0. The topological polar surface area (TPSA) is 38.8 Å². The van der Waals surface area contributed by atoms with E-state index in [-0.39, 0.29) is 35.2 Å². The minimum absolute atomic E-state index is 0.110. The fourth-order valence-corrected chi connectivity index (χ4v) is 2.80. The smallest absolute Gasteiger partial charge is 0.260 e. The number of amides is 1. The Bertz CT molecular complexity index is 754. The molecule has 25 heavy (non-hydrogen) atoms. The summed E-state index contributed by atoms with van der Waals surface area (Å²) in [6, 6.07) is 9.72. The molecule has 0 spiro atoms. The molecule has 2 aromatic carbocycles. The molecule has 2 aromatic rings. The summed E-state index contributed by atoms with van der Waals surface area (Å²) in [6.45, 7) is 0.967. The first-order valence-corrected chi connectivity index (χ1v) is 8.13. The van der Waals surface area contributed by atoms with E-state index in [1.165, 1.54) is 24.3 Å². The zero-order valence-electron chi connectivity index (χ0n) is 13.3. The summed E-state index contributed by atoms with van der Waals surface area (Å²) in [5.41, 5.74) is 0.807. The fraction of sp³-hybridized carbons (Fsp3) is 0.278. The normalized spacial score (nSPS) is 17.4. The lowest BCUT2D eigenvalue weighted by molar-refractivity contribution is -0.141. The molecule has 1 atom stereocenters. The highest BCUT2D eigenvalue weighted by molar-refractivity contribution is 6.32. The number of benzene rings is 2. The highest BCUT2D eigenvalue weighted by atomic mass is 35.5. The van der Waals surface area contributed by atoms with E-state index in [1.807, 2.05) is 0 Å². The lowest BCUT2D eigenvalue weighted by Gasteiger charge is -2.33. The Morgan fingerprint density at radius 2 is 1.92 bits per heavy atom. The van der Waals surface area contributed by atoms with Crippen LogP contribution in [0.3, 0.4) is 0 Å². The minimum atomic E-state index is -0.473. The van der Waals surface area contributed by atoms with E-state index in [9.17, 15) is 13.6 Å². The average Bonchev–Trinajstić information content (AvgIpc) is 2.61. The SMILES string of the molecule is O=C(COc1ccc(F)cc1Cl)N1CCOC(c2ccc(F)cc2)C1. The number of rotatable bonds is 4. The maximum absolute atomic E-state index is 13.0. The van der Waals surface area contributed by atoms with Crippen LogP contribution in [0.1, 0.15) is 11.7 Å². The first kappa shape index (κ1) is 17.6. The van der Waals surface area contributed by atoms with Crippen LogP contribution in [0.4, 0.5) is 8.78 Å². The lowest BCUT2D eigenvalue weighted by atomic mass is 10.1. The number of nitrogens with zero attached hydrogens (tertiary/aromatic N) is 1. The summed E-state index contributed by atoms with van der Waals surface area (Å²) < 4.78 is 37.1. The second kappa shape index (κ2) is 7.80. The second-order valence-electron chi connectivity index (χ2n) is 5.61. The van der Waals surface area contributed by atoms with Gasteiger partial charge < -0.3 is 14.4 Å². The van der Waals surface area contributed by atoms with Crippen molar-refractivity contribution in [2.24, 2.45) is 0 Å². The molecule has 0 saturated carbocycles. The Balaban J connectivity index is 1.59. The van der Waals surface area contributed by atoms with Gasteiger partial charge in [-0.3, -0.25) is 4.79 Å². The molecule has 1 heterocycles. The standard InChI is InChI=1S/C18H16ClF2NO3/c19-15-9-14(21)5-6-16(15)25-11-18(23)22-7-8-24-17(10-22)12-1-3-13(20)4-2-12/h1-6,9,17H,7-8,10-11H2. The zero-order valence-corrected chi connectivity index (χ0v) is 14.0. The van der Waals surface area contributed by atoms with E-state index >= 15 is 0 Å². The molecule has 1 unspecified atom stereocenters. The van der Waals surface area contributed by atoms with Crippen LogP contribution >= 0.6 is 11.6 Å². The summed E-state index contributed by atoms with van der Waals surface area (Å²) >= 11 is 5.87. The molecule has 3 rings (SSSR count). The van der Waals surface area contributed by atoms with Crippen molar-refractivity contribution >= 4 is 17.5 Å². The van der Waals surface area contributed by atoms with Crippen LogP contribution in [0.5, 0.6) is 5.75 Å². The number of carbonyl (C=O) groups is 1. The van der Waals surface area contributed by atoms with Crippen LogP contribution in [-0.2, 0) is 9.53 Å². The number of hydrogen-bond acceptors (Lipinski definition) is 3. The summed E-state index contributed by atoms with van der Waals surface area (Å²) in [5.74, 6) is -0.772. The Hall–Kier alpha value is -2.18. The van der Waals surface area contributed by atoms with Crippen molar-refractivity contribution in [1.82, 2.24) is 4.90 Å². The van der Waals surface area contributed by atoms with Crippen molar-refractivity contribution in [2.45, 2.75) is 6.10 Å². The largest absolute Gasteiger partial charge is 0.482 e. The monoisotopic (exact) mass is 367 g/mol. The summed E-state index contributed by atoms with van der Waals surface area (Å²) in [5, 5.41) is 0.110. The van der Waals surface area contributed by atoms with Crippen LogP contribution < -0.4 is 4.74 Å². The average molecular weight is 368 g/mol. The van der Waals surface area contributed by atoms with E-state index in [1.54, 1.807) is 17.0 Å². The fourth-order valence-electron chi connectivity index (χ4n) is 2.58. The highest BCUT2D eigenvalue weighted by Gasteiger charge is 2.25. The first-order chi connectivity index (χ1) is 12.0. The third-order valence-electron chi connectivity index (χ3n) is 3.91. The minimum Gasteiger partial charge on any atom is -0.482 e. The van der Waals surface area contributed by atoms with Gasteiger partial charge >= 0.3 is 0 Å². The van der Waals surface area contributed by atoms with Crippen molar-refractivity contribution in [3.63, 3.8) is 0 Å². The maximum Gasteiger partial charge on any atom is 0.260 e. The Labute approximate surface area is 148 Å². The number of morpholine rings is 1. The van der Waals surface area contributed by atoms with Gasteiger partial charge in [0.1, 0.15) is 23.5 Å². The van der Waals surface area contributed by atoms with Crippen molar-refractivity contribution in [1.29, 1.82) is 0 Å². The van der Waals surface area contributed by atoms with E-state index in [2.05, 4.69) is 0 Å². The molecule has 1 saturated heterocycles. The lowest BCUT2D eigenvalue weighted by Crippen LogP contribution is -2.44. The third kappa shape index (κ3) is 4.46. The predicted molar refractivity (Wildman–Crippen MR) is 88.6 cm³/mol. The highest BCUT2D eigenvalue weighted by Crippen LogP contribution is 2.26. The van der Waals surface area contributed by atoms with Crippen molar-refractivity contribution in [3.8, 4) is 5.75 Å². The molecule has 0 radical (unpaired) electrons. The van der Waals surface area contributed by atoms with E-state index in [0.717, 1.165) is 11.6 Å². The first-order valence-electron chi connectivity index (χ1n) is 7.75. The molecule has 7 heteroatoms. The molecule has 0 bridgehead atoms. The Morgan fingerprint density at radius 3 is 2.64 bits per heavy atom. The van der Waals surface area contributed by atoms with Gasteiger partial charge in [-0.1, -0.05) is 23.7 Å². The molecule has 1 amide bonds. The number of ether oxygens (including phenoxy) is 2. The van der Waals surface area contributed by atoms with Gasteiger partial charge in [0.25, 0.3) is 5.91 Å². The van der Waals surface area contributed by atoms with Gasteiger partial charge in [0.05, 0.1) is 18.2 Å². The quantitative estimate of drug-likeness (QED) is 0.829. The van der Waals surface area contributed by atoms with E-state index in [4.69, 9.17) is 21.1 Å². The van der Waals surface area contributed by atoms with Crippen LogP contribution in [0.2, 0.25) is 5.02 Å². The van der Waals surface area contributed by atoms with Crippen LogP contribution in [0.25, 0.3) is 0 Å². The van der Waals surface area contributed by atoms with Gasteiger partial charge in [-0.25, -0.2) is 8.78 Å². The van der Waals surface area contributed by atoms with Crippen LogP contribution in [0, 0.1) is 11.6 Å². The molecule has 0 aliphatic carbocycles. The van der Waals surface area contributed by atoms with Crippen LogP contribution in [0.15, 0.2) is 42.5 Å². The molecule has 4 nitrogen and oxygen atoms in total. The Morgan fingerprint density at radius 1 is 1.20 bits per heavy atom. The predicted octanol–water partition coefficient (Wildman–Crippen LogP) is 3.60. The molecule has 1 aliphatic rings. The molecular formula is C18H16ClF2NO3. The number of halogens is 3. The van der Waals surface area contributed by atoms with E-state index in [0.29, 0.717) is 19.7 Å². The second-order valence-corrected chi connectivity index (χ2v) is 6.02. The summed E-state index contributed by atoms with van der Waals surface area (Å²) in [7, 11) is 0.